The van der Waals surface area contributed by atoms with Crippen LogP contribution < -0.4 is 10.1 Å². The number of pyridine rings is 1. The summed E-state index contributed by atoms with van der Waals surface area (Å²) in [5.74, 6) is 1.30. The van der Waals surface area contributed by atoms with Crippen molar-refractivity contribution in [1.82, 2.24) is 15.0 Å². The minimum Gasteiger partial charge on any atom is -0.497 e. The van der Waals surface area contributed by atoms with E-state index in [9.17, 15) is 4.39 Å². The Morgan fingerprint density at radius 3 is 2.70 bits per heavy atom. The third kappa shape index (κ3) is 3.52. The van der Waals surface area contributed by atoms with Gasteiger partial charge in [0.15, 0.2) is 5.82 Å². The molecule has 0 spiro atoms. The van der Waals surface area contributed by atoms with Crippen LogP contribution in [0.3, 0.4) is 0 Å². The second-order valence-corrected chi connectivity index (χ2v) is 6.18. The van der Waals surface area contributed by atoms with E-state index >= 15 is 0 Å². The van der Waals surface area contributed by atoms with Crippen LogP contribution >= 0.6 is 11.6 Å². The Labute approximate surface area is 159 Å². The molecule has 0 aliphatic rings. The largest absolute Gasteiger partial charge is 0.497 e. The molecule has 0 saturated heterocycles. The van der Waals surface area contributed by atoms with Crippen LogP contribution in [-0.4, -0.2) is 22.1 Å². The maximum Gasteiger partial charge on any atom is 0.163 e. The zero-order chi connectivity index (χ0) is 18.8. The van der Waals surface area contributed by atoms with E-state index in [4.69, 9.17) is 16.3 Å². The van der Waals surface area contributed by atoms with Gasteiger partial charge in [-0.3, -0.25) is 4.98 Å². The van der Waals surface area contributed by atoms with Crippen LogP contribution in [0.4, 0.5) is 15.9 Å². The molecule has 0 amide bonds. The highest BCUT2D eigenvalue weighted by Crippen LogP contribution is 2.30. The quantitative estimate of drug-likeness (QED) is 0.525. The van der Waals surface area contributed by atoms with E-state index in [1.54, 1.807) is 25.6 Å². The summed E-state index contributed by atoms with van der Waals surface area (Å²) < 4.78 is 18.8. The lowest BCUT2D eigenvalue weighted by Crippen LogP contribution is -2.00. The normalized spacial score (nSPS) is 10.8. The molecule has 5 nitrogen and oxygen atoms in total. The van der Waals surface area contributed by atoms with Crippen LogP contribution in [0.5, 0.6) is 5.75 Å². The van der Waals surface area contributed by atoms with Crippen LogP contribution in [-0.2, 0) is 0 Å². The predicted molar refractivity (Wildman–Crippen MR) is 104 cm³/mol. The van der Waals surface area contributed by atoms with Crippen molar-refractivity contribution >= 4 is 34.0 Å². The smallest absolute Gasteiger partial charge is 0.163 e. The number of hydrogen-bond acceptors (Lipinski definition) is 5. The van der Waals surface area contributed by atoms with Gasteiger partial charge in [0.2, 0.25) is 0 Å². The van der Waals surface area contributed by atoms with Gasteiger partial charge >= 0.3 is 0 Å². The fraction of sp³-hybridized carbons (Fsp3) is 0.0500. The second-order valence-electron chi connectivity index (χ2n) is 5.77. The number of hydrogen-bond donors (Lipinski definition) is 1. The first-order valence-corrected chi connectivity index (χ1v) is 8.50. The van der Waals surface area contributed by atoms with Crippen molar-refractivity contribution in [3.8, 4) is 17.1 Å². The summed E-state index contributed by atoms with van der Waals surface area (Å²) in [6.45, 7) is 0. The fourth-order valence-corrected chi connectivity index (χ4v) is 2.85. The van der Waals surface area contributed by atoms with Crippen molar-refractivity contribution in [2.45, 2.75) is 0 Å². The van der Waals surface area contributed by atoms with Crippen molar-refractivity contribution in [1.29, 1.82) is 0 Å². The first-order chi connectivity index (χ1) is 13.1. The molecular formula is C20H14ClFN4O. The SMILES string of the molecule is COc1ccc2c(Nc3ccc(F)c(Cl)c3)nc(-c3cccnc3)nc2c1. The lowest BCUT2D eigenvalue weighted by molar-refractivity contribution is 0.415. The molecule has 0 radical (unpaired) electrons. The van der Waals surface area contributed by atoms with Crippen LogP contribution in [0, 0.1) is 5.82 Å². The van der Waals surface area contributed by atoms with Gasteiger partial charge in [-0.1, -0.05) is 11.6 Å². The molecule has 0 fully saturated rings. The summed E-state index contributed by atoms with van der Waals surface area (Å²) in [6, 6.07) is 13.7. The van der Waals surface area contributed by atoms with E-state index in [0.717, 1.165) is 10.9 Å². The molecule has 2 aromatic heterocycles. The third-order valence-electron chi connectivity index (χ3n) is 4.01. The average molecular weight is 381 g/mol. The standard InChI is InChI=1S/C20H14ClFN4O/c1-27-14-5-6-15-18(10-14)25-19(12-3-2-8-23-11-12)26-20(15)24-13-4-7-17(22)16(21)9-13/h2-11H,1H3,(H,24,25,26). The van der Waals surface area contributed by atoms with E-state index in [2.05, 4.69) is 20.3 Å². The van der Waals surface area contributed by atoms with Crippen molar-refractivity contribution in [3.05, 3.63) is 71.8 Å². The van der Waals surface area contributed by atoms with E-state index in [0.29, 0.717) is 28.6 Å². The van der Waals surface area contributed by atoms with Gasteiger partial charge in [-0.05, 0) is 42.5 Å². The fourth-order valence-electron chi connectivity index (χ4n) is 2.67. The minimum atomic E-state index is -0.476. The number of methoxy groups -OCH3 is 1. The van der Waals surface area contributed by atoms with Gasteiger partial charge in [0, 0.05) is 35.1 Å². The van der Waals surface area contributed by atoms with Crippen LogP contribution in [0.15, 0.2) is 60.9 Å². The Bertz CT molecular complexity index is 1120. The Morgan fingerprint density at radius 1 is 1.07 bits per heavy atom. The number of aromatic nitrogens is 3. The summed E-state index contributed by atoms with van der Waals surface area (Å²) in [4.78, 5) is 13.4. The van der Waals surface area contributed by atoms with Gasteiger partial charge < -0.3 is 10.1 Å². The maximum absolute atomic E-state index is 13.5. The number of halogens is 2. The molecule has 2 aromatic carbocycles. The van der Waals surface area contributed by atoms with Crippen LogP contribution in [0.25, 0.3) is 22.3 Å². The van der Waals surface area contributed by atoms with Gasteiger partial charge in [0.25, 0.3) is 0 Å². The molecule has 134 valence electrons. The molecule has 27 heavy (non-hydrogen) atoms. The monoisotopic (exact) mass is 380 g/mol. The lowest BCUT2D eigenvalue weighted by atomic mass is 10.2. The molecule has 1 N–H and O–H groups in total. The molecule has 0 saturated carbocycles. The molecule has 0 atom stereocenters. The molecule has 2 heterocycles. The summed E-state index contributed by atoms with van der Waals surface area (Å²) in [7, 11) is 1.60. The summed E-state index contributed by atoms with van der Waals surface area (Å²) in [5, 5.41) is 4.03. The molecule has 0 bridgehead atoms. The second kappa shape index (κ2) is 7.17. The topological polar surface area (TPSA) is 59.9 Å². The zero-order valence-corrected chi connectivity index (χ0v) is 15.0. The van der Waals surface area contributed by atoms with Crippen molar-refractivity contribution in [2.75, 3.05) is 12.4 Å². The van der Waals surface area contributed by atoms with Gasteiger partial charge in [0.05, 0.1) is 17.6 Å². The third-order valence-corrected chi connectivity index (χ3v) is 4.30. The molecular weight excluding hydrogens is 367 g/mol. The van der Waals surface area contributed by atoms with Crippen LogP contribution in [0.2, 0.25) is 5.02 Å². The number of fused-ring (bicyclic) bond motifs is 1. The number of ether oxygens (including phenoxy) is 1. The Balaban J connectivity index is 1.87. The number of anilines is 2. The highest BCUT2D eigenvalue weighted by Gasteiger charge is 2.12. The number of nitrogens with zero attached hydrogens (tertiary/aromatic N) is 3. The van der Waals surface area contributed by atoms with E-state index in [-0.39, 0.29) is 5.02 Å². The highest BCUT2D eigenvalue weighted by molar-refractivity contribution is 6.31. The van der Waals surface area contributed by atoms with E-state index < -0.39 is 5.82 Å². The Hall–Kier alpha value is -3.25. The molecule has 4 aromatic rings. The molecule has 0 aliphatic carbocycles. The average Bonchev–Trinajstić information content (AvgIpc) is 2.70. The van der Waals surface area contributed by atoms with Crippen molar-refractivity contribution in [3.63, 3.8) is 0 Å². The van der Waals surface area contributed by atoms with E-state index in [1.807, 2.05) is 30.3 Å². The number of nitrogens with one attached hydrogen (secondary N) is 1. The zero-order valence-electron chi connectivity index (χ0n) is 14.3. The highest BCUT2D eigenvalue weighted by atomic mass is 35.5. The Kier molecular flexibility index (Phi) is 4.56. The summed E-state index contributed by atoms with van der Waals surface area (Å²) in [5.41, 5.74) is 2.11. The summed E-state index contributed by atoms with van der Waals surface area (Å²) in [6.07, 6.45) is 3.38. The molecule has 0 aliphatic heterocycles. The van der Waals surface area contributed by atoms with Crippen LogP contribution in [0.1, 0.15) is 0 Å². The van der Waals surface area contributed by atoms with Crippen molar-refractivity contribution < 1.29 is 9.13 Å². The Morgan fingerprint density at radius 2 is 1.96 bits per heavy atom. The maximum atomic E-state index is 13.5. The van der Waals surface area contributed by atoms with Gasteiger partial charge in [-0.2, -0.15) is 0 Å². The predicted octanol–water partition coefficient (Wildman–Crippen LogP) is 5.24. The number of benzene rings is 2. The van der Waals surface area contributed by atoms with Gasteiger partial charge in [-0.15, -0.1) is 0 Å². The molecule has 4 rings (SSSR count). The summed E-state index contributed by atoms with van der Waals surface area (Å²) >= 11 is 5.89. The first-order valence-electron chi connectivity index (χ1n) is 8.12. The molecule has 0 unspecified atom stereocenters. The first kappa shape index (κ1) is 17.2. The van der Waals surface area contributed by atoms with Gasteiger partial charge in [-0.25, -0.2) is 14.4 Å². The van der Waals surface area contributed by atoms with Gasteiger partial charge in [0.1, 0.15) is 17.4 Å². The van der Waals surface area contributed by atoms with E-state index in [1.165, 1.54) is 12.1 Å². The number of rotatable bonds is 4. The van der Waals surface area contributed by atoms with Crippen molar-refractivity contribution in [2.24, 2.45) is 0 Å². The minimum absolute atomic E-state index is 0.0347. The molecule has 7 heteroatoms. The lowest BCUT2D eigenvalue weighted by Gasteiger charge is -2.12.